The zero-order chi connectivity index (χ0) is 10.3. The van der Waals surface area contributed by atoms with Crippen LogP contribution in [0.5, 0.6) is 0 Å². The Labute approximate surface area is 83.4 Å². The average molecular weight is 196 g/mol. The molecule has 0 bridgehead atoms. The van der Waals surface area contributed by atoms with Crippen LogP contribution >= 0.6 is 0 Å². The van der Waals surface area contributed by atoms with Gasteiger partial charge >= 0.3 is 6.03 Å². The highest BCUT2D eigenvalue weighted by Gasteiger charge is 2.51. The number of hydrogen-bond donors (Lipinski definition) is 2. The van der Waals surface area contributed by atoms with Gasteiger partial charge in [0.2, 0.25) is 0 Å². The summed E-state index contributed by atoms with van der Waals surface area (Å²) in [5.41, 5.74) is -0.608. The van der Waals surface area contributed by atoms with Gasteiger partial charge in [-0.05, 0) is 31.1 Å². The van der Waals surface area contributed by atoms with Crippen LogP contribution in [-0.2, 0) is 4.79 Å². The minimum atomic E-state index is -0.608. The minimum absolute atomic E-state index is 0.137. The van der Waals surface area contributed by atoms with Gasteiger partial charge in [0.05, 0.1) is 0 Å². The summed E-state index contributed by atoms with van der Waals surface area (Å²) in [5, 5.41) is 5.12. The lowest BCUT2D eigenvalue weighted by Crippen LogP contribution is -2.54. The van der Waals surface area contributed by atoms with Gasteiger partial charge in [-0.15, -0.1) is 0 Å². The summed E-state index contributed by atoms with van der Waals surface area (Å²) < 4.78 is 0. The van der Waals surface area contributed by atoms with Gasteiger partial charge in [0.25, 0.3) is 5.91 Å². The average Bonchev–Trinajstić information content (AvgIpc) is 2.37. The quantitative estimate of drug-likeness (QED) is 0.568. The van der Waals surface area contributed by atoms with Crippen molar-refractivity contribution in [2.75, 3.05) is 0 Å². The first kappa shape index (κ1) is 9.49. The topological polar surface area (TPSA) is 58.2 Å². The standard InChI is InChI=1S/C10H16N2O2/c1-6-3-4-10(7(2)5-6)8(13)11-9(14)12-10/h6-7H,3-5H2,1-2H3,(H2,11,12,13,14). The molecule has 4 nitrogen and oxygen atoms in total. The maximum absolute atomic E-state index is 11.7. The summed E-state index contributed by atoms with van der Waals surface area (Å²) in [6, 6.07) is -0.337. The Kier molecular flexibility index (Phi) is 2.01. The van der Waals surface area contributed by atoms with Crippen molar-refractivity contribution in [3.8, 4) is 0 Å². The molecule has 2 aliphatic rings. The molecule has 0 radical (unpaired) electrons. The molecule has 2 fully saturated rings. The molecule has 3 atom stereocenters. The Bertz CT molecular complexity index is 290. The van der Waals surface area contributed by atoms with Crippen LogP contribution in [-0.4, -0.2) is 17.5 Å². The van der Waals surface area contributed by atoms with Crippen LogP contribution in [0.4, 0.5) is 4.79 Å². The van der Waals surface area contributed by atoms with Gasteiger partial charge in [-0.2, -0.15) is 0 Å². The Morgan fingerprint density at radius 3 is 2.57 bits per heavy atom. The van der Waals surface area contributed by atoms with Crippen molar-refractivity contribution in [1.29, 1.82) is 0 Å². The molecule has 1 saturated carbocycles. The molecule has 1 spiro atoms. The highest BCUT2D eigenvalue weighted by atomic mass is 16.2. The third-order valence-electron chi connectivity index (χ3n) is 3.60. The Hall–Kier alpha value is -1.06. The van der Waals surface area contributed by atoms with Gasteiger partial charge in [-0.25, -0.2) is 4.79 Å². The molecule has 0 aromatic heterocycles. The smallest absolute Gasteiger partial charge is 0.322 e. The molecular weight excluding hydrogens is 180 g/mol. The molecule has 78 valence electrons. The van der Waals surface area contributed by atoms with Gasteiger partial charge in [-0.1, -0.05) is 13.8 Å². The van der Waals surface area contributed by atoms with E-state index in [-0.39, 0.29) is 17.9 Å². The molecule has 14 heavy (non-hydrogen) atoms. The monoisotopic (exact) mass is 196 g/mol. The number of amides is 3. The van der Waals surface area contributed by atoms with Gasteiger partial charge in [0.15, 0.2) is 0 Å². The van der Waals surface area contributed by atoms with Gasteiger partial charge < -0.3 is 5.32 Å². The number of rotatable bonds is 0. The van der Waals surface area contributed by atoms with E-state index in [0.717, 1.165) is 19.3 Å². The van der Waals surface area contributed by atoms with Crippen molar-refractivity contribution >= 4 is 11.9 Å². The maximum Gasteiger partial charge on any atom is 0.322 e. The van der Waals surface area contributed by atoms with Crippen LogP contribution in [0.15, 0.2) is 0 Å². The van der Waals surface area contributed by atoms with Crippen LogP contribution in [0.1, 0.15) is 33.1 Å². The molecule has 2 rings (SSSR count). The van der Waals surface area contributed by atoms with Crippen molar-refractivity contribution < 1.29 is 9.59 Å². The molecule has 0 aromatic rings. The van der Waals surface area contributed by atoms with E-state index in [1.807, 2.05) is 6.92 Å². The lowest BCUT2D eigenvalue weighted by Gasteiger charge is -2.39. The molecule has 3 unspecified atom stereocenters. The number of imide groups is 1. The van der Waals surface area contributed by atoms with Crippen LogP contribution in [0, 0.1) is 11.8 Å². The third-order valence-corrected chi connectivity index (χ3v) is 3.60. The largest absolute Gasteiger partial charge is 0.323 e. The third kappa shape index (κ3) is 1.21. The fourth-order valence-corrected chi connectivity index (χ4v) is 2.67. The van der Waals surface area contributed by atoms with Crippen LogP contribution in [0.2, 0.25) is 0 Å². The highest BCUT2D eigenvalue weighted by molar-refractivity contribution is 6.07. The minimum Gasteiger partial charge on any atom is -0.323 e. The summed E-state index contributed by atoms with van der Waals surface area (Å²) >= 11 is 0. The van der Waals surface area contributed by atoms with E-state index in [4.69, 9.17) is 0 Å². The molecule has 3 amide bonds. The zero-order valence-electron chi connectivity index (χ0n) is 8.59. The second-order valence-electron chi connectivity index (χ2n) is 4.66. The lowest BCUT2D eigenvalue weighted by atomic mass is 9.70. The predicted octanol–water partition coefficient (Wildman–Crippen LogP) is 1.02. The van der Waals surface area contributed by atoms with Crippen LogP contribution < -0.4 is 10.6 Å². The highest BCUT2D eigenvalue weighted by Crippen LogP contribution is 2.38. The fourth-order valence-electron chi connectivity index (χ4n) is 2.67. The Morgan fingerprint density at radius 1 is 1.36 bits per heavy atom. The zero-order valence-corrected chi connectivity index (χ0v) is 8.59. The SMILES string of the molecule is CC1CCC2(NC(=O)NC2=O)C(C)C1. The van der Waals surface area contributed by atoms with E-state index in [1.54, 1.807) is 0 Å². The lowest BCUT2D eigenvalue weighted by molar-refractivity contribution is -0.127. The summed E-state index contributed by atoms with van der Waals surface area (Å²) in [4.78, 5) is 22.8. The summed E-state index contributed by atoms with van der Waals surface area (Å²) in [7, 11) is 0. The van der Waals surface area contributed by atoms with E-state index in [2.05, 4.69) is 17.6 Å². The predicted molar refractivity (Wildman–Crippen MR) is 51.6 cm³/mol. The Morgan fingerprint density at radius 2 is 2.07 bits per heavy atom. The normalized spacial score (nSPS) is 42.4. The summed E-state index contributed by atoms with van der Waals surface area (Å²) in [6.45, 7) is 4.23. The molecule has 2 N–H and O–H groups in total. The van der Waals surface area contributed by atoms with Crippen molar-refractivity contribution in [2.24, 2.45) is 11.8 Å². The van der Waals surface area contributed by atoms with E-state index in [0.29, 0.717) is 5.92 Å². The van der Waals surface area contributed by atoms with Gasteiger partial charge in [0, 0.05) is 0 Å². The molecular formula is C10H16N2O2. The number of carbonyl (C=O) groups is 2. The van der Waals surface area contributed by atoms with Crippen molar-refractivity contribution in [3.63, 3.8) is 0 Å². The molecule has 1 aliphatic heterocycles. The molecule has 1 saturated heterocycles. The first-order chi connectivity index (χ1) is 6.54. The number of urea groups is 1. The van der Waals surface area contributed by atoms with Gasteiger partial charge in [-0.3, -0.25) is 10.1 Å². The van der Waals surface area contributed by atoms with E-state index >= 15 is 0 Å². The van der Waals surface area contributed by atoms with Crippen molar-refractivity contribution in [3.05, 3.63) is 0 Å². The first-order valence-corrected chi connectivity index (χ1v) is 5.18. The Balaban J connectivity index is 2.23. The van der Waals surface area contributed by atoms with E-state index < -0.39 is 5.54 Å². The second kappa shape index (κ2) is 2.97. The van der Waals surface area contributed by atoms with E-state index in [9.17, 15) is 9.59 Å². The van der Waals surface area contributed by atoms with Crippen LogP contribution in [0.3, 0.4) is 0 Å². The van der Waals surface area contributed by atoms with Crippen LogP contribution in [0.25, 0.3) is 0 Å². The molecule has 1 heterocycles. The molecule has 4 heteroatoms. The summed E-state index contributed by atoms with van der Waals surface area (Å²) in [5.74, 6) is 0.750. The van der Waals surface area contributed by atoms with E-state index in [1.165, 1.54) is 0 Å². The van der Waals surface area contributed by atoms with Gasteiger partial charge in [0.1, 0.15) is 5.54 Å². The number of nitrogens with one attached hydrogen (secondary N) is 2. The second-order valence-corrected chi connectivity index (χ2v) is 4.66. The number of hydrogen-bond acceptors (Lipinski definition) is 2. The number of carbonyl (C=O) groups excluding carboxylic acids is 2. The van der Waals surface area contributed by atoms with Crippen molar-refractivity contribution in [2.45, 2.75) is 38.6 Å². The first-order valence-electron chi connectivity index (χ1n) is 5.18. The maximum atomic E-state index is 11.7. The fraction of sp³-hybridized carbons (Fsp3) is 0.800. The van der Waals surface area contributed by atoms with Crippen molar-refractivity contribution in [1.82, 2.24) is 10.6 Å². The molecule has 0 aromatic carbocycles. The molecule has 1 aliphatic carbocycles. The summed E-state index contributed by atoms with van der Waals surface area (Å²) in [6.07, 6.45) is 2.79.